The Bertz CT molecular complexity index is 607. The first-order valence-electron chi connectivity index (χ1n) is 9.16. The van der Waals surface area contributed by atoms with Crippen LogP contribution in [0.3, 0.4) is 0 Å². The Morgan fingerprint density at radius 1 is 1.48 bits per heavy atom. The normalized spacial score (nSPS) is 18.4. The van der Waals surface area contributed by atoms with Crippen molar-refractivity contribution in [1.82, 2.24) is 21.3 Å². The zero-order valence-electron chi connectivity index (χ0n) is 16.5. The molecule has 1 rings (SSSR count). The van der Waals surface area contributed by atoms with Crippen LogP contribution in [-0.4, -0.2) is 32.0 Å². The van der Waals surface area contributed by atoms with Crippen molar-refractivity contribution in [1.29, 1.82) is 0 Å². The number of hydrogen-bond acceptors (Lipinski definition) is 6. The van der Waals surface area contributed by atoms with E-state index in [4.69, 9.17) is 5.73 Å². The second kappa shape index (κ2) is 12.6. The van der Waals surface area contributed by atoms with Gasteiger partial charge in [0.25, 0.3) is 0 Å². The van der Waals surface area contributed by atoms with E-state index in [1.54, 1.807) is 12.2 Å². The van der Waals surface area contributed by atoms with E-state index in [1.807, 2.05) is 26.1 Å². The minimum absolute atomic E-state index is 0.0376. The van der Waals surface area contributed by atoms with Crippen LogP contribution in [-0.2, 0) is 4.74 Å². The number of allylic oxidation sites excluding steroid dienone is 6. The molecule has 0 fully saturated rings. The molecule has 7 heteroatoms. The third-order valence-corrected chi connectivity index (χ3v) is 3.92. The Kier molecular flexibility index (Phi) is 10.5. The standard InChI is InChI=1S/C20H33N5O2/c1-5-10-17(25-20(26)27-4)13-15(2)22-12-9-7-6-8-11-18(21)19-23-14-16(3)24-19/h5-6,8,10,13-14,18-19,22-24H,1,7,9,11-12,21H2,2-4H3,(H,25,26)/b8-6+,15-13+,17-10+/t18-,19?/m0/s1. The van der Waals surface area contributed by atoms with E-state index in [0.29, 0.717) is 5.70 Å². The van der Waals surface area contributed by atoms with Gasteiger partial charge in [0.2, 0.25) is 0 Å². The molecule has 27 heavy (non-hydrogen) atoms. The van der Waals surface area contributed by atoms with Crippen LogP contribution in [0.25, 0.3) is 0 Å². The number of carbonyl (C=O) groups is 1. The zero-order chi connectivity index (χ0) is 20.1. The van der Waals surface area contributed by atoms with Gasteiger partial charge in [-0.3, -0.25) is 5.32 Å². The van der Waals surface area contributed by atoms with Gasteiger partial charge in [-0.05, 0) is 45.3 Å². The number of amides is 1. The first-order valence-corrected chi connectivity index (χ1v) is 9.16. The van der Waals surface area contributed by atoms with Crippen molar-refractivity contribution < 1.29 is 9.53 Å². The predicted molar refractivity (Wildman–Crippen MR) is 110 cm³/mol. The van der Waals surface area contributed by atoms with Crippen LogP contribution < -0.4 is 27.0 Å². The quantitative estimate of drug-likeness (QED) is 0.216. The van der Waals surface area contributed by atoms with Gasteiger partial charge in [0, 0.05) is 35.9 Å². The highest BCUT2D eigenvalue weighted by Gasteiger charge is 2.18. The lowest BCUT2D eigenvalue weighted by Gasteiger charge is -2.19. The monoisotopic (exact) mass is 375 g/mol. The lowest BCUT2D eigenvalue weighted by Crippen LogP contribution is -2.47. The van der Waals surface area contributed by atoms with E-state index in [0.717, 1.165) is 37.2 Å². The molecule has 1 heterocycles. The van der Waals surface area contributed by atoms with E-state index in [2.05, 4.69) is 44.7 Å². The maximum atomic E-state index is 11.3. The Hall–Kier alpha value is -2.67. The molecule has 1 amide bonds. The molecule has 2 atom stereocenters. The number of methoxy groups -OCH3 is 1. The van der Waals surface area contributed by atoms with Crippen LogP contribution in [0.1, 0.15) is 33.1 Å². The van der Waals surface area contributed by atoms with Crippen LogP contribution in [0, 0.1) is 0 Å². The summed E-state index contributed by atoms with van der Waals surface area (Å²) in [6.45, 7) is 8.44. The number of nitrogens with one attached hydrogen (secondary N) is 4. The van der Waals surface area contributed by atoms with Crippen LogP contribution >= 0.6 is 0 Å². The van der Waals surface area contributed by atoms with E-state index in [-0.39, 0.29) is 12.2 Å². The molecule has 6 N–H and O–H groups in total. The average molecular weight is 376 g/mol. The number of unbranched alkanes of at least 4 members (excludes halogenated alkanes) is 1. The summed E-state index contributed by atoms with van der Waals surface area (Å²) in [6, 6.07) is 0.0376. The fourth-order valence-corrected chi connectivity index (χ4v) is 2.49. The second-order valence-corrected chi connectivity index (χ2v) is 6.36. The smallest absolute Gasteiger partial charge is 0.411 e. The SMILES string of the molecule is C=C/C=C(\C=C(/C)NCCC/C=C/C[C@H](N)C1NC=C(C)N1)NC(=O)OC. The van der Waals surface area contributed by atoms with Crippen molar-refractivity contribution in [3.8, 4) is 0 Å². The lowest BCUT2D eigenvalue weighted by atomic mass is 10.1. The van der Waals surface area contributed by atoms with Crippen LogP contribution in [0.4, 0.5) is 4.79 Å². The third-order valence-electron chi connectivity index (χ3n) is 3.92. The molecule has 0 aromatic rings. The summed E-state index contributed by atoms with van der Waals surface area (Å²) in [5.41, 5.74) is 8.84. The Morgan fingerprint density at radius 3 is 2.89 bits per heavy atom. The minimum Gasteiger partial charge on any atom is -0.453 e. The second-order valence-electron chi connectivity index (χ2n) is 6.36. The van der Waals surface area contributed by atoms with Gasteiger partial charge in [0.1, 0.15) is 6.17 Å². The van der Waals surface area contributed by atoms with E-state index < -0.39 is 6.09 Å². The number of alkyl carbamates (subject to hydrolysis) is 1. The molecule has 0 saturated heterocycles. The highest BCUT2D eigenvalue weighted by Crippen LogP contribution is 2.04. The van der Waals surface area contributed by atoms with E-state index in [9.17, 15) is 4.79 Å². The highest BCUT2D eigenvalue weighted by atomic mass is 16.5. The Labute approximate surface area is 162 Å². The molecule has 0 spiro atoms. The van der Waals surface area contributed by atoms with Crippen LogP contribution in [0.2, 0.25) is 0 Å². The molecule has 0 radical (unpaired) electrons. The molecule has 0 bridgehead atoms. The topological polar surface area (TPSA) is 100 Å². The van der Waals surface area contributed by atoms with Gasteiger partial charge >= 0.3 is 6.09 Å². The summed E-state index contributed by atoms with van der Waals surface area (Å²) in [4.78, 5) is 11.3. The van der Waals surface area contributed by atoms with Gasteiger partial charge in [-0.15, -0.1) is 0 Å². The molecule has 0 saturated carbocycles. The molecule has 1 aliphatic heterocycles. The maximum absolute atomic E-state index is 11.3. The molecule has 1 unspecified atom stereocenters. The summed E-state index contributed by atoms with van der Waals surface area (Å²) < 4.78 is 4.60. The van der Waals surface area contributed by atoms with Crippen molar-refractivity contribution in [2.45, 2.75) is 45.3 Å². The number of carbonyl (C=O) groups excluding carboxylic acids is 1. The largest absolute Gasteiger partial charge is 0.453 e. The van der Waals surface area contributed by atoms with Crippen molar-refractivity contribution in [2.24, 2.45) is 5.73 Å². The van der Waals surface area contributed by atoms with Gasteiger partial charge in [0.05, 0.1) is 7.11 Å². The van der Waals surface area contributed by atoms with Crippen LogP contribution in [0.15, 0.2) is 60.3 Å². The van der Waals surface area contributed by atoms with Gasteiger partial charge < -0.3 is 26.4 Å². The third kappa shape index (κ3) is 9.55. The molecule has 0 aromatic carbocycles. The van der Waals surface area contributed by atoms with E-state index >= 15 is 0 Å². The predicted octanol–water partition coefficient (Wildman–Crippen LogP) is 2.34. The summed E-state index contributed by atoms with van der Waals surface area (Å²) in [5.74, 6) is 0. The molecule has 0 aromatic heterocycles. The number of hydrogen-bond donors (Lipinski definition) is 5. The Balaban J connectivity index is 2.23. The Morgan fingerprint density at radius 2 is 2.26 bits per heavy atom. The molecule has 150 valence electrons. The van der Waals surface area contributed by atoms with Gasteiger partial charge in [-0.2, -0.15) is 0 Å². The maximum Gasteiger partial charge on any atom is 0.411 e. The molecule has 1 aliphatic rings. The summed E-state index contributed by atoms with van der Waals surface area (Å²) in [7, 11) is 1.33. The van der Waals surface area contributed by atoms with Crippen molar-refractivity contribution in [2.75, 3.05) is 13.7 Å². The zero-order valence-corrected chi connectivity index (χ0v) is 16.5. The molecular formula is C20H33N5O2. The molecule has 0 aliphatic carbocycles. The average Bonchev–Trinajstić information content (AvgIpc) is 3.07. The number of rotatable bonds is 11. The van der Waals surface area contributed by atoms with Crippen molar-refractivity contribution >= 4 is 6.09 Å². The number of ether oxygens (including phenoxy) is 1. The fourth-order valence-electron chi connectivity index (χ4n) is 2.49. The summed E-state index contributed by atoms with van der Waals surface area (Å²) in [6.07, 6.45) is 13.8. The number of nitrogens with two attached hydrogens (primary N) is 1. The first kappa shape index (κ1) is 22.4. The first-order chi connectivity index (χ1) is 13.0. The van der Waals surface area contributed by atoms with Crippen molar-refractivity contribution in [3.63, 3.8) is 0 Å². The fraction of sp³-hybridized carbons (Fsp3) is 0.450. The van der Waals surface area contributed by atoms with Gasteiger partial charge in [-0.1, -0.05) is 24.8 Å². The molecule has 7 nitrogen and oxygen atoms in total. The van der Waals surface area contributed by atoms with Gasteiger partial charge in [0.15, 0.2) is 0 Å². The van der Waals surface area contributed by atoms with Crippen LogP contribution in [0.5, 0.6) is 0 Å². The van der Waals surface area contributed by atoms with Crippen molar-refractivity contribution in [3.05, 3.63) is 60.3 Å². The minimum atomic E-state index is -0.510. The lowest BCUT2D eigenvalue weighted by molar-refractivity contribution is 0.174. The highest BCUT2D eigenvalue weighted by molar-refractivity contribution is 5.70. The van der Waals surface area contributed by atoms with Gasteiger partial charge in [-0.25, -0.2) is 4.79 Å². The molecular weight excluding hydrogens is 342 g/mol. The van der Waals surface area contributed by atoms with E-state index in [1.165, 1.54) is 7.11 Å². The summed E-state index contributed by atoms with van der Waals surface area (Å²) in [5, 5.41) is 12.5. The summed E-state index contributed by atoms with van der Waals surface area (Å²) >= 11 is 0.